The Morgan fingerprint density at radius 2 is 2.21 bits per heavy atom. The van der Waals surface area contributed by atoms with Crippen LogP contribution < -0.4 is 0 Å². The van der Waals surface area contributed by atoms with Crippen molar-refractivity contribution in [2.75, 3.05) is 0 Å². The Kier molecular flexibility index (Phi) is 2.23. The average Bonchev–Trinajstić information content (AvgIpc) is 2.60. The van der Waals surface area contributed by atoms with E-state index in [2.05, 4.69) is 11.7 Å². The molecule has 0 spiro atoms. The first-order valence-corrected chi connectivity index (χ1v) is 4.96. The van der Waals surface area contributed by atoms with Crippen molar-refractivity contribution in [2.45, 2.75) is 32.6 Å². The van der Waals surface area contributed by atoms with Gasteiger partial charge >= 0.3 is 0 Å². The second kappa shape index (κ2) is 3.40. The molecule has 0 aromatic carbocycles. The van der Waals surface area contributed by atoms with Crippen LogP contribution in [0.15, 0.2) is 18.3 Å². The van der Waals surface area contributed by atoms with Crippen molar-refractivity contribution in [1.29, 1.82) is 0 Å². The van der Waals surface area contributed by atoms with Gasteiger partial charge in [-0.3, -0.25) is 4.79 Å². The molecule has 0 saturated heterocycles. The summed E-state index contributed by atoms with van der Waals surface area (Å²) in [5.41, 5.74) is 2.86. The van der Waals surface area contributed by atoms with E-state index in [-0.39, 0.29) is 5.91 Å². The van der Waals surface area contributed by atoms with Crippen LogP contribution in [0.4, 0.5) is 0 Å². The van der Waals surface area contributed by atoms with Crippen molar-refractivity contribution < 1.29 is 4.79 Å². The van der Waals surface area contributed by atoms with Crippen LogP contribution in [0.25, 0.3) is 0 Å². The Bertz CT molecular complexity index is 390. The molecule has 0 aliphatic heterocycles. The summed E-state index contributed by atoms with van der Waals surface area (Å²) in [6.45, 7) is 5.37. The fourth-order valence-electron chi connectivity index (χ4n) is 1.85. The first kappa shape index (κ1) is 9.19. The molecule has 3 nitrogen and oxygen atoms in total. The Morgan fingerprint density at radius 1 is 1.50 bits per heavy atom. The van der Waals surface area contributed by atoms with Crippen LogP contribution >= 0.6 is 0 Å². The zero-order valence-electron chi connectivity index (χ0n) is 8.42. The summed E-state index contributed by atoms with van der Waals surface area (Å²) in [6, 6.07) is 0. The fourth-order valence-corrected chi connectivity index (χ4v) is 1.85. The summed E-state index contributed by atoms with van der Waals surface area (Å²) in [7, 11) is 0. The molecule has 0 amide bonds. The molecular weight excluding hydrogens is 176 g/mol. The van der Waals surface area contributed by atoms with Crippen LogP contribution in [0, 0.1) is 0 Å². The van der Waals surface area contributed by atoms with E-state index in [1.54, 1.807) is 6.92 Å². The summed E-state index contributed by atoms with van der Waals surface area (Å²) < 4.78 is 1.51. The van der Waals surface area contributed by atoms with E-state index in [0.717, 1.165) is 25.0 Å². The molecule has 0 saturated carbocycles. The number of hydrogen-bond donors (Lipinski definition) is 0. The monoisotopic (exact) mass is 190 g/mol. The molecule has 3 heteroatoms. The van der Waals surface area contributed by atoms with Crippen molar-refractivity contribution in [1.82, 2.24) is 9.78 Å². The largest absolute Gasteiger partial charge is 0.273 e. The van der Waals surface area contributed by atoms with Gasteiger partial charge in [-0.15, -0.1) is 0 Å². The molecule has 1 aromatic heterocycles. The highest BCUT2D eigenvalue weighted by Crippen LogP contribution is 2.20. The minimum atomic E-state index is -0.0758. The van der Waals surface area contributed by atoms with E-state index >= 15 is 0 Å². The molecule has 1 heterocycles. The zero-order valence-corrected chi connectivity index (χ0v) is 8.42. The SMILES string of the molecule is C=C(C)C(=O)n1ncc2c1CCCC2. The zero-order chi connectivity index (χ0) is 10.1. The lowest BCUT2D eigenvalue weighted by Gasteiger charge is -2.12. The van der Waals surface area contributed by atoms with Gasteiger partial charge in [0.1, 0.15) is 0 Å². The molecule has 1 aliphatic carbocycles. The standard InChI is InChI=1S/C11H14N2O/c1-8(2)11(14)13-10-6-4-3-5-9(10)7-12-13/h7H,1,3-6H2,2H3. The highest BCUT2D eigenvalue weighted by Gasteiger charge is 2.18. The van der Waals surface area contributed by atoms with E-state index in [4.69, 9.17) is 0 Å². The number of aromatic nitrogens is 2. The normalized spacial score (nSPS) is 14.9. The van der Waals surface area contributed by atoms with Crippen LogP contribution in [0.5, 0.6) is 0 Å². The molecular formula is C11H14N2O. The third kappa shape index (κ3) is 1.39. The van der Waals surface area contributed by atoms with Gasteiger partial charge in [0, 0.05) is 5.57 Å². The minimum absolute atomic E-state index is 0.0758. The second-order valence-corrected chi connectivity index (χ2v) is 3.82. The molecule has 1 aromatic rings. The third-order valence-corrected chi connectivity index (χ3v) is 2.62. The van der Waals surface area contributed by atoms with Crippen molar-refractivity contribution in [2.24, 2.45) is 0 Å². The van der Waals surface area contributed by atoms with Crippen LogP contribution in [-0.4, -0.2) is 15.7 Å². The maximum atomic E-state index is 11.7. The number of carbonyl (C=O) groups is 1. The van der Waals surface area contributed by atoms with Crippen molar-refractivity contribution in [3.05, 3.63) is 29.6 Å². The van der Waals surface area contributed by atoms with Crippen molar-refractivity contribution in [3.63, 3.8) is 0 Å². The highest BCUT2D eigenvalue weighted by molar-refractivity contribution is 5.94. The van der Waals surface area contributed by atoms with Gasteiger partial charge in [0.2, 0.25) is 0 Å². The maximum absolute atomic E-state index is 11.7. The summed E-state index contributed by atoms with van der Waals surface area (Å²) in [6.07, 6.45) is 6.20. The molecule has 0 radical (unpaired) electrons. The second-order valence-electron chi connectivity index (χ2n) is 3.82. The number of rotatable bonds is 1. The third-order valence-electron chi connectivity index (χ3n) is 2.62. The molecule has 0 bridgehead atoms. The predicted octanol–water partition coefficient (Wildman–Crippen LogP) is 1.98. The van der Waals surface area contributed by atoms with Crippen molar-refractivity contribution >= 4 is 5.91 Å². The summed E-state index contributed by atoms with van der Waals surface area (Å²) in [4.78, 5) is 11.7. The van der Waals surface area contributed by atoms with Gasteiger partial charge in [-0.25, -0.2) is 4.68 Å². The Labute approximate surface area is 83.4 Å². The molecule has 0 fully saturated rings. The van der Waals surface area contributed by atoms with Crippen LogP contribution in [0.1, 0.15) is 35.8 Å². The molecule has 0 atom stereocenters. The van der Waals surface area contributed by atoms with Gasteiger partial charge in [0.25, 0.3) is 5.91 Å². The number of nitrogens with zero attached hydrogens (tertiary/aromatic N) is 2. The summed E-state index contributed by atoms with van der Waals surface area (Å²) in [5, 5.41) is 4.13. The van der Waals surface area contributed by atoms with Gasteiger partial charge in [0.15, 0.2) is 0 Å². The number of fused-ring (bicyclic) bond motifs is 1. The van der Waals surface area contributed by atoms with Gasteiger partial charge in [0.05, 0.1) is 11.9 Å². The summed E-state index contributed by atoms with van der Waals surface area (Å²) in [5.74, 6) is -0.0758. The first-order chi connectivity index (χ1) is 6.70. The van der Waals surface area contributed by atoms with Crippen LogP contribution in [0.3, 0.4) is 0 Å². The van der Waals surface area contributed by atoms with Gasteiger partial charge in [-0.05, 0) is 38.2 Å². The Balaban J connectivity index is 2.39. The smallest absolute Gasteiger partial charge is 0.267 e. The minimum Gasteiger partial charge on any atom is -0.267 e. The Morgan fingerprint density at radius 3 is 2.93 bits per heavy atom. The van der Waals surface area contributed by atoms with Crippen LogP contribution in [-0.2, 0) is 12.8 Å². The number of aryl methyl sites for hydroxylation is 1. The van der Waals surface area contributed by atoms with E-state index < -0.39 is 0 Å². The topological polar surface area (TPSA) is 34.9 Å². The fraction of sp³-hybridized carbons (Fsp3) is 0.455. The number of carbonyl (C=O) groups excluding carboxylic acids is 1. The predicted molar refractivity (Wildman–Crippen MR) is 54.3 cm³/mol. The molecule has 2 rings (SSSR count). The van der Waals surface area contributed by atoms with E-state index in [0.29, 0.717) is 5.57 Å². The number of hydrogen-bond acceptors (Lipinski definition) is 2. The first-order valence-electron chi connectivity index (χ1n) is 4.96. The molecule has 0 unspecified atom stereocenters. The lowest BCUT2D eigenvalue weighted by atomic mass is 9.98. The van der Waals surface area contributed by atoms with Crippen LogP contribution in [0.2, 0.25) is 0 Å². The molecule has 14 heavy (non-hydrogen) atoms. The van der Waals surface area contributed by atoms with E-state index in [1.807, 2.05) is 6.20 Å². The Hall–Kier alpha value is -1.38. The quantitative estimate of drug-likeness (QED) is 0.635. The lowest BCUT2D eigenvalue weighted by Crippen LogP contribution is -2.17. The molecule has 0 N–H and O–H groups in total. The lowest BCUT2D eigenvalue weighted by molar-refractivity contribution is 0.0936. The van der Waals surface area contributed by atoms with E-state index in [1.165, 1.54) is 16.7 Å². The molecule has 74 valence electrons. The molecule has 1 aliphatic rings. The van der Waals surface area contributed by atoms with Gasteiger partial charge < -0.3 is 0 Å². The van der Waals surface area contributed by atoms with E-state index in [9.17, 15) is 4.79 Å². The van der Waals surface area contributed by atoms with Gasteiger partial charge in [-0.2, -0.15) is 5.10 Å². The van der Waals surface area contributed by atoms with Crippen molar-refractivity contribution in [3.8, 4) is 0 Å². The summed E-state index contributed by atoms with van der Waals surface area (Å²) >= 11 is 0. The van der Waals surface area contributed by atoms with Gasteiger partial charge in [-0.1, -0.05) is 6.58 Å². The number of allylic oxidation sites excluding steroid dienone is 1. The average molecular weight is 190 g/mol. The maximum Gasteiger partial charge on any atom is 0.273 e. The highest BCUT2D eigenvalue weighted by atomic mass is 16.2.